The summed E-state index contributed by atoms with van der Waals surface area (Å²) in [6.07, 6.45) is 0. The van der Waals surface area contributed by atoms with E-state index in [4.69, 9.17) is 11.6 Å². The first-order chi connectivity index (χ1) is 13.3. The summed E-state index contributed by atoms with van der Waals surface area (Å²) in [5.41, 5.74) is 0.661. The second-order valence-electron chi connectivity index (χ2n) is 6.38. The van der Waals surface area contributed by atoms with Crippen LogP contribution in [0.5, 0.6) is 5.75 Å². The van der Waals surface area contributed by atoms with Crippen LogP contribution in [0.15, 0.2) is 48.5 Å². The molecule has 2 amide bonds. The molecule has 2 aromatic rings. The van der Waals surface area contributed by atoms with Crippen molar-refractivity contribution in [2.75, 3.05) is 0 Å². The number of hydrogen-bond acceptors (Lipinski definition) is 3. The zero-order valence-electron chi connectivity index (χ0n) is 15.4. The van der Waals surface area contributed by atoms with Gasteiger partial charge in [0.1, 0.15) is 11.8 Å². The Balaban J connectivity index is 2.06. The number of amides is 2. The Kier molecular flexibility index (Phi) is 7.75. The molecular formula is C20H21ClF2N2O3. The third-order valence-corrected chi connectivity index (χ3v) is 4.33. The van der Waals surface area contributed by atoms with Crippen LogP contribution in [0.2, 0.25) is 5.02 Å². The van der Waals surface area contributed by atoms with E-state index >= 15 is 0 Å². The standard InChI is InChI=1S/C20H21ClF2N2O3/c1-12(2)17(25-18(26)14-8-4-5-9-15(14)21)19(27)24-11-13-7-3-6-10-16(13)28-20(22)23/h3-10,12,17,20H,11H2,1-2H3,(H,24,27)(H,25,26)/t17-/m1/s1. The topological polar surface area (TPSA) is 67.4 Å². The van der Waals surface area contributed by atoms with Gasteiger partial charge >= 0.3 is 6.61 Å². The number of hydrogen-bond donors (Lipinski definition) is 2. The van der Waals surface area contributed by atoms with Gasteiger partial charge in [-0.3, -0.25) is 9.59 Å². The monoisotopic (exact) mass is 410 g/mol. The molecule has 0 heterocycles. The van der Waals surface area contributed by atoms with Crippen molar-refractivity contribution in [2.24, 2.45) is 5.92 Å². The highest BCUT2D eigenvalue weighted by Crippen LogP contribution is 2.20. The quantitative estimate of drug-likeness (QED) is 0.691. The highest BCUT2D eigenvalue weighted by Gasteiger charge is 2.25. The van der Waals surface area contributed by atoms with Crippen LogP contribution >= 0.6 is 11.6 Å². The predicted octanol–water partition coefficient (Wildman–Crippen LogP) is 4.01. The molecule has 2 N–H and O–H groups in total. The van der Waals surface area contributed by atoms with E-state index in [1.807, 2.05) is 0 Å². The van der Waals surface area contributed by atoms with Gasteiger partial charge in [0, 0.05) is 12.1 Å². The van der Waals surface area contributed by atoms with E-state index in [-0.39, 0.29) is 28.8 Å². The van der Waals surface area contributed by atoms with Crippen LogP contribution in [-0.2, 0) is 11.3 Å². The SMILES string of the molecule is CC(C)[C@@H](NC(=O)c1ccccc1Cl)C(=O)NCc1ccccc1OC(F)F. The third-order valence-electron chi connectivity index (χ3n) is 4.00. The van der Waals surface area contributed by atoms with Gasteiger partial charge < -0.3 is 15.4 Å². The van der Waals surface area contributed by atoms with E-state index in [1.54, 1.807) is 56.3 Å². The Morgan fingerprint density at radius 1 is 1.07 bits per heavy atom. The predicted molar refractivity (Wildman–Crippen MR) is 102 cm³/mol. The largest absolute Gasteiger partial charge is 0.434 e. The first kappa shape index (κ1) is 21.6. The van der Waals surface area contributed by atoms with Gasteiger partial charge in [-0.25, -0.2) is 0 Å². The summed E-state index contributed by atoms with van der Waals surface area (Å²) in [6.45, 7) is 0.582. The second-order valence-corrected chi connectivity index (χ2v) is 6.79. The second kappa shape index (κ2) is 10.0. The van der Waals surface area contributed by atoms with Crippen LogP contribution in [-0.4, -0.2) is 24.5 Å². The van der Waals surface area contributed by atoms with E-state index in [9.17, 15) is 18.4 Å². The fraction of sp³-hybridized carbons (Fsp3) is 0.300. The van der Waals surface area contributed by atoms with E-state index in [2.05, 4.69) is 15.4 Å². The Morgan fingerprint density at radius 3 is 2.36 bits per heavy atom. The number of benzene rings is 2. The minimum Gasteiger partial charge on any atom is -0.434 e. The number of nitrogens with one attached hydrogen (secondary N) is 2. The van der Waals surface area contributed by atoms with Gasteiger partial charge in [-0.15, -0.1) is 0 Å². The lowest BCUT2D eigenvalue weighted by Crippen LogP contribution is -2.49. The maximum absolute atomic E-state index is 12.6. The van der Waals surface area contributed by atoms with Crippen molar-refractivity contribution in [3.05, 3.63) is 64.7 Å². The Labute approximate surface area is 167 Å². The average molecular weight is 411 g/mol. The maximum atomic E-state index is 12.6. The molecule has 0 aliphatic rings. The molecule has 0 saturated heterocycles. The van der Waals surface area contributed by atoms with Gasteiger partial charge in [-0.05, 0) is 24.1 Å². The molecule has 1 atom stereocenters. The highest BCUT2D eigenvalue weighted by molar-refractivity contribution is 6.33. The van der Waals surface area contributed by atoms with Crippen LogP contribution in [0.4, 0.5) is 8.78 Å². The third kappa shape index (κ3) is 5.92. The Bertz CT molecular complexity index is 831. The molecule has 28 heavy (non-hydrogen) atoms. The minimum atomic E-state index is -2.96. The van der Waals surface area contributed by atoms with Gasteiger partial charge in [0.2, 0.25) is 5.91 Å². The zero-order valence-corrected chi connectivity index (χ0v) is 16.2. The summed E-state index contributed by atoms with van der Waals surface area (Å²) >= 11 is 6.03. The summed E-state index contributed by atoms with van der Waals surface area (Å²) in [5.74, 6) is -1.14. The molecule has 2 aromatic carbocycles. The van der Waals surface area contributed by atoms with Crippen molar-refractivity contribution in [1.82, 2.24) is 10.6 Å². The number of ether oxygens (including phenoxy) is 1. The Morgan fingerprint density at radius 2 is 1.71 bits per heavy atom. The summed E-state index contributed by atoms with van der Waals surface area (Å²) in [6, 6.07) is 11.9. The van der Waals surface area contributed by atoms with Gasteiger partial charge in [-0.1, -0.05) is 55.8 Å². The molecule has 5 nitrogen and oxygen atoms in total. The molecule has 0 saturated carbocycles. The number of para-hydroxylation sites is 1. The summed E-state index contributed by atoms with van der Waals surface area (Å²) in [4.78, 5) is 25.1. The fourth-order valence-electron chi connectivity index (χ4n) is 2.55. The molecule has 0 spiro atoms. The molecule has 150 valence electrons. The molecule has 0 aromatic heterocycles. The number of alkyl halides is 2. The number of carbonyl (C=O) groups excluding carboxylic acids is 2. The van der Waals surface area contributed by atoms with Crippen molar-refractivity contribution in [3.8, 4) is 5.75 Å². The molecule has 0 bridgehead atoms. The summed E-state index contributed by atoms with van der Waals surface area (Å²) in [7, 11) is 0. The smallest absolute Gasteiger partial charge is 0.387 e. The molecule has 0 aliphatic heterocycles. The first-order valence-electron chi connectivity index (χ1n) is 8.65. The molecule has 0 radical (unpaired) electrons. The van der Waals surface area contributed by atoms with Gasteiger partial charge in [-0.2, -0.15) is 8.78 Å². The van der Waals surface area contributed by atoms with Crippen LogP contribution in [0.25, 0.3) is 0 Å². The lowest BCUT2D eigenvalue weighted by atomic mass is 10.0. The molecule has 0 unspecified atom stereocenters. The van der Waals surface area contributed by atoms with Crippen LogP contribution in [0.3, 0.4) is 0 Å². The summed E-state index contributed by atoms with van der Waals surface area (Å²) in [5, 5.41) is 5.60. The first-order valence-corrected chi connectivity index (χ1v) is 9.03. The number of rotatable bonds is 8. The van der Waals surface area contributed by atoms with Gasteiger partial charge in [0.05, 0.1) is 10.6 Å². The lowest BCUT2D eigenvalue weighted by molar-refractivity contribution is -0.124. The average Bonchev–Trinajstić information content (AvgIpc) is 2.64. The van der Waals surface area contributed by atoms with Crippen LogP contribution in [0.1, 0.15) is 29.8 Å². The zero-order chi connectivity index (χ0) is 20.7. The van der Waals surface area contributed by atoms with Crippen LogP contribution < -0.4 is 15.4 Å². The van der Waals surface area contributed by atoms with Crippen molar-refractivity contribution in [2.45, 2.75) is 33.0 Å². The molecule has 0 fully saturated rings. The molecule has 0 aliphatic carbocycles. The maximum Gasteiger partial charge on any atom is 0.387 e. The normalized spacial score (nSPS) is 12.0. The van der Waals surface area contributed by atoms with E-state index in [0.29, 0.717) is 5.56 Å². The Hall–Kier alpha value is -2.67. The lowest BCUT2D eigenvalue weighted by Gasteiger charge is -2.22. The highest BCUT2D eigenvalue weighted by atomic mass is 35.5. The molecular weight excluding hydrogens is 390 g/mol. The van der Waals surface area contributed by atoms with Crippen molar-refractivity contribution < 1.29 is 23.1 Å². The number of carbonyl (C=O) groups is 2. The summed E-state index contributed by atoms with van der Waals surface area (Å²) < 4.78 is 29.5. The number of halogens is 3. The van der Waals surface area contributed by atoms with E-state index in [0.717, 1.165) is 0 Å². The van der Waals surface area contributed by atoms with E-state index in [1.165, 1.54) is 6.07 Å². The fourth-order valence-corrected chi connectivity index (χ4v) is 2.77. The van der Waals surface area contributed by atoms with E-state index < -0.39 is 24.5 Å². The van der Waals surface area contributed by atoms with Crippen LogP contribution in [0, 0.1) is 5.92 Å². The molecule has 2 rings (SSSR count). The van der Waals surface area contributed by atoms with Crippen molar-refractivity contribution in [1.29, 1.82) is 0 Å². The van der Waals surface area contributed by atoms with Gasteiger partial charge in [0.15, 0.2) is 0 Å². The minimum absolute atomic E-state index is 0.0148. The van der Waals surface area contributed by atoms with Crippen molar-refractivity contribution >= 4 is 23.4 Å². The van der Waals surface area contributed by atoms with Crippen molar-refractivity contribution in [3.63, 3.8) is 0 Å². The molecule has 8 heteroatoms. The van der Waals surface area contributed by atoms with Gasteiger partial charge in [0.25, 0.3) is 5.91 Å².